The number of carbonyl (C=O) groups excluding carboxylic acids is 1. The monoisotopic (exact) mass is 255 g/mol. The summed E-state index contributed by atoms with van der Waals surface area (Å²) >= 11 is 3.29. The summed E-state index contributed by atoms with van der Waals surface area (Å²) in [5.74, 6) is -0.492. The second-order valence-electron chi connectivity index (χ2n) is 2.54. The summed E-state index contributed by atoms with van der Waals surface area (Å²) in [4.78, 5) is 19.2. The van der Waals surface area contributed by atoms with Crippen molar-refractivity contribution in [1.82, 2.24) is 14.4 Å². The van der Waals surface area contributed by atoms with Crippen LogP contribution >= 0.6 is 15.9 Å². The number of aromatic nitrogens is 3. The molecule has 0 saturated heterocycles. The molecule has 0 fully saturated rings. The normalized spacial score (nSPS) is 10.4. The van der Waals surface area contributed by atoms with E-state index in [-0.39, 0.29) is 5.69 Å². The zero-order chi connectivity index (χ0) is 10.1. The first kappa shape index (κ1) is 9.14. The minimum Gasteiger partial charge on any atom is -0.464 e. The summed E-state index contributed by atoms with van der Waals surface area (Å²) in [6, 6.07) is 0. The van der Waals surface area contributed by atoms with Gasteiger partial charge in [-0.1, -0.05) is 0 Å². The van der Waals surface area contributed by atoms with Crippen LogP contribution < -0.4 is 0 Å². The number of ether oxygens (including phenoxy) is 1. The Labute approximate surface area is 87.9 Å². The Bertz CT molecular complexity index is 494. The average molecular weight is 256 g/mol. The van der Waals surface area contributed by atoms with Crippen LogP contribution in [0.1, 0.15) is 10.5 Å². The Hall–Kier alpha value is -1.43. The molecule has 5 nitrogen and oxygen atoms in total. The number of nitrogens with zero attached hydrogens (tertiary/aromatic N) is 3. The summed E-state index contributed by atoms with van der Waals surface area (Å²) < 4.78 is 7.06. The molecule has 2 heterocycles. The third-order valence-electron chi connectivity index (χ3n) is 1.76. The summed E-state index contributed by atoms with van der Waals surface area (Å²) in [5, 5.41) is 0. The highest BCUT2D eigenvalue weighted by Crippen LogP contribution is 2.14. The fraction of sp³-hybridized carbons (Fsp3) is 0.125. The topological polar surface area (TPSA) is 56.5 Å². The predicted octanol–water partition coefficient (Wildman–Crippen LogP) is 1.28. The Morgan fingerprint density at radius 3 is 3.07 bits per heavy atom. The molecule has 2 aromatic rings. The maximum atomic E-state index is 11.3. The van der Waals surface area contributed by atoms with Gasteiger partial charge in [0, 0.05) is 12.4 Å². The quantitative estimate of drug-likeness (QED) is 0.721. The highest BCUT2D eigenvalue weighted by atomic mass is 79.9. The lowest BCUT2D eigenvalue weighted by atomic mass is 10.4. The predicted molar refractivity (Wildman–Crippen MR) is 52.0 cm³/mol. The van der Waals surface area contributed by atoms with Crippen molar-refractivity contribution in [2.24, 2.45) is 0 Å². The number of carbonyl (C=O) groups is 1. The summed E-state index contributed by atoms with van der Waals surface area (Å²) in [7, 11) is 1.31. The van der Waals surface area contributed by atoms with E-state index >= 15 is 0 Å². The molecule has 0 atom stereocenters. The van der Waals surface area contributed by atoms with E-state index in [9.17, 15) is 4.79 Å². The number of fused-ring (bicyclic) bond motifs is 1. The van der Waals surface area contributed by atoms with Crippen molar-refractivity contribution in [3.8, 4) is 0 Å². The van der Waals surface area contributed by atoms with Gasteiger partial charge in [-0.05, 0) is 15.9 Å². The van der Waals surface area contributed by atoms with Crippen molar-refractivity contribution in [2.75, 3.05) is 7.11 Å². The highest BCUT2D eigenvalue weighted by molar-refractivity contribution is 9.10. The molecular weight excluding hydrogens is 250 g/mol. The van der Waals surface area contributed by atoms with Gasteiger partial charge in [-0.25, -0.2) is 14.8 Å². The SMILES string of the molecule is COC(=O)c1nccn2c(Br)cnc12. The van der Waals surface area contributed by atoms with Gasteiger partial charge < -0.3 is 4.74 Å². The van der Waals surface area contributed by atoms with Crippen molar-refractivity contribution in [3.05, 3.63) is 28.9 Å². The third-order valence-corrected chi connectivity index (χ3v) is 2.35. The number of esters is 1. The first-order chi connectivity index (χ1) is 6.74. The standard InChI is InChI=1S/C8H6BrN3O2/c1-14-8(13)6-7-11-4-5(9)12(7)3-2-10-6/h2-4H,1H3. The van der Waals surface area contributed by atoms with Crippen LogP contribution in [0, 0.1) is 0 Å². The molecule has 72 valence electrons. The van der Waals surface area contributed by atoms with E-state index in [1.807, 2.05) is 0 Å². The van der Waals surface area contributed by atoms with E-state index in [2.05, 4.69) is 30.6 Å². The van der Waals surface area contributed by atoms with Crippen molar-refractivity contribution in [2.45, 2.75) is 0 Å². The molecule has 2 aromatic heterocycles. The van der Waals surface area contributed by atoms with Gasteiger partial charge in [-0.15, -0.1) is 0 Å². The Morgan fingerprint density at radius 1 is 1.57 bits per heavy atom. The van der Waals surface area contributed by atoms with Gasteiger partial charge in [-0.2, -0.15) is 0 Å². The fourth-order valence-corrected chi connectivity index (χ4v) is 1.52. The van der Waals surface area contributed by atoms with E-state index in [1.165, 1.54) is 13.3 Å². The largest absolute Gasteiger partial charge is 0.464 e. The molecule has 0 N–H and O–H groups in total. The average Bonchev–Trinajstić information content (AvgIpc) is 2.59. The van der Waals surface area contributed by atoms with Crippen molar-refractivity contribution in [3.63, 3.8) is 0 Å². The molecule has 6 heteroatoms. The second kappa shape index (κ2) is 3.38. The van der Waals surface area contributed by atoms with Crippen LogP contribution in [0.3, 0.4) is 0 Å². The number of methoxy groups -OCH3 is 1. The molecule has 2 rings (SSSR count). The van der Waals surface area contributed by atoms with Gasteiger partial charge >= 0.3 is 5.97 Å². The van der Waals surface area contributed by atoms with Crippen LogP contribution in [0.2, 0.25) is 0 Å². The number of imidazole rings is 1. The van der Waals surface area contributed by atoms with E-state index in [0.717, 1.165) is 4.60 Å². The maximum absolute atomic E-state index is 11.3. The van der Waals surface area contributed by atoms with E-state index < -0.39 is 5.97 Å². The van der Waals surface area contributed by atoms with E-state index in [0.29, 0.717) is 5.65 Å². The van der Waals surface area contributed by atoms with Crippen LogP contribution in [0.5, 0.6) is 0 Å². The van der Waals surface area contributed by atoms with Crippen LogP contribution in [0.15, 0.2) is 23.2 Å². The van der Waals surface area contributed by atoms with Crippen LogP contribution in [-0.2, 0) is 4.74 Å². The lowest BCUT2D eigenvalue weighted by Gasteiger charge is -2.00. The van der Waals surface area contributed by atoms with Crippen LogP contribution in [-0.4, -0.2) is 27.4 Å². The lowest BCUT2D eigenvalue weighted by molar-refractivity contribution is 0.0595. The number of rotatable bonds is 1. The van der Waals surface area contributed by atoms with E-state index in [4.69, 9.17) is 0 Å². The van der Waals surface area contributed by atoms with Crippen molar-refractivity contribution >= 4 is 27.5 Å². The zero-order valence-corrected chi connectivity index (χ0v) is 8.85. The smallest absolute Gasteiger partial charge is 0.360 e. The zero-order valence-electron chi connectivity index (χ0n) is 7.27. The first-order valence-corrected chi connectivity index (χ1v) is 4.59. The van der Waals surface area contributed by atoms with Crippen LogP contribution in [0.25, 0.3) is 5.65 Å². The van der Waals surface area contributed by atoms with Gasteiger partial charge in [0.1, 0.15) is 4.60 Å². The third kappa shape index (κ3) is 1.27. The molecule has 0 aliphatic rings. The van der Waals surface area contributed by atoms with Gasteiger partial charge in [-0.3, -0.25) is 4.40 Å². The molecular formula is C8H6BrN3O2. The molecule has 0 spiro atoms. The Kier molecular flexibility index (Phi) is 2.20. The number of hydrogen-bond acceptors (Lipinski definition) is 4. The second-order valence-corrected chi connectivity index (χ2v) is 3.35. The minimum absolute atomic E-state index is 0.209. The summed E-state index contributed by atoms with van der Waals surface area (Å²) in [6.45, 7) is 0. The van der Waals surface area contributed by atoms with Crippen molar-refractivity contribution in [1.29, 1.82) is 0 Å². The molecule has 0 amide bonds. The summed E-state index contributed by atoms with van der Waals surface area (Å²) in [6.07, 6.45) is 4.83. The minimum atomic E-state index is -0.492. The molecule has 0 radical (unpaired) electrons. The van der Waals surface area contributed by atoms with Gasteiger partial charge in [0.05, 0.1) is 13.3 Å². The van der Waals surface area contributed by atoms with Gasteiger partial charge in [0.25, 0.3) is 0 Å². The summed E-state index contributed by atoms with van der Waals surface area (Å²) in [5.41, 5.74) is 0.687. The first-order valence-electron chi connectivity index (χ1n) is 3.80. The van der Waals surface area contributed by atoms with Crippen molar-refractivity contribution < 1.29 is 9.53 Å². The molecule has 0 aliphatic heterocycles. The fourth-order valence-electron chi connectivity index (χ4n) is 1.13. The van der Waals surface area contributed by atoms with Crippen LogP contribution in [0.4, 0.5) is 0 Å². The molecule has 14 heavy (non-hydrogen) atoms. The van der Waals surface area contributed by atoms with Gasteiger partial charge in [0.15, 0.2) is 11.3 Å². The maximum Gasteiger partial charge on any atom is 0.360 e. The number of halogens is 1. The molecule has 0 aliphatic carbocycles. The Morgan fingerprint density at radius 2 is 2.36 bits per heavy atom. The molecule has 0 bridgehead atoms. The van der Waals surface area contributed by atoms with Gasteiger partial charge in [0.2, 0.25) is 0 Å². The lowest BCUT2D eigenvalue weighted by Crippen LogP contribution is -2.06. The highest BCUT2D eigenvalue weighted by Gasteiger charge is 2.14. The molecule has 0 saturated carbocycles. The Balaban J connectivity index is 2.71. The number of hydrogen-bond donors (Lipinski definition) is 0. The molecule has 0 unspecified atom stereocenters. The van der Waals surface area contributed by atoms with E-state index in [1.54, 1.807) is 16.8 Å². The molecule has 0 aromatic carbocycles.